The van der Waals surface area contributed by atoms with Crippen LogP contribution in [0.4, 0.5) is 0 Å². The van der Waals surface area contributed by atoms with Gasteiger partial charge < -0.3 is 4.57 Å². The lowest BCUT2D eigenvalue weighted by atomic mass is 9.77. The van der Waals surface area contributed by atoms with Crippen LogP contribution in [-0.4, -0.2) is 9.55 Å². The molecule has 1 rings (SSSR count). The summed E-state index contributed by atoms with van der Waals surface area (Å²) in [4.78, 5) is 4.72. The highest BCUT2D eigenvalue weighted by Gasteiger charge is 2.25. The SMILES string of the molecule is CCCCCCCC(C)(CCCC)Cc1nc(C)cn1C. The van der Waals surface area contributed by atoms with Crippen LogP contribution in [0.1, 0.15) is 90.1 Å². The summed E-state index contributed by atoms with van der Waals surface area (Å²) in [6, 6.07) is 0. The zero-order valence-corrected chi connectivity index (χ0v) is 15.0. The molecule has 0 radical (unpaired) electrons. The number of rotatable bonds is 11. The van der Waals surface area contributed by atoms with E-state index in [1.54, 1.807) is 0 Å². The Morgan fingerprint density at radius 3 is 2.19 bits per heavy atom. The van der Waals surface area contributed by atoms with Crippen molar-refractivity contribution in [2.75, 3.05) is 0 Å². The Bertz CT molecular complexity index is 394. The maximum absolute atomic E-state index is 4.72. The number of nitrogens with zero attached hydrogens (tertiary/aromatic N) is 2. The first-order chi connectivity index (χ1) is 10.0. The van der Waals surface area contributed by atoms with Crippen molar-refractivity contribution in [1.82, 2.24) is 9.55 Å². The molecule has 1 heterocycles. The molecule has 2 nitrogen and oxygen atoms in total. The van der Waals surface area contributed by atoms with E-state index in [1.165, 1.54) is 63.6 Å². The van der Waals surface area contributed by atoms with E-state index in [-0.39, 0.29) is 0 Å². The summed E-state index contributed by atoms with van der Waals surface area (Å²) in [6.45, 7) is 9.16. The number of imidazole rings is 1. The third kappa shape index (κ3) is 6.67. The largest absolute Gasteiger partial charge is 0.338 e. The summed E-state index contributed by atoms with van der Waals surface area (Å²) in [5.74, 6) is 1.26. The van der Waals surface area contributed by atoms with Gasteiger partial charge in [0.15, 0.2) is 0 Å². The Morgan fingerprint density at radius 2 is 1.62 bits per heavy atom. The molecule has 0 aliphatic rings. The molecule has 1 atom stereocenters. The molecule has 0 saturated heterocycles. The van der Waals surface area contributed by atoms with E-state index in [2.05, 4.69) is 45.5 Å². The maximum atomic E-state index is 4.72. The van der Waals surface area contributed by atoms with Gasteiger partial charge in [0.1, 0.15) is 5.82 Å². The fourth-order valence-corrected chi connectivity index (χ4v) is 3.27. The van der Waals surface area contributed by atoms with Crippen molar-refractivity contribution in [2.45, 2.75) is 91.9 Å². The van der Waals surface area contributed by atoms with Crippen molar-refractivity contribution in [2.24, 2.45) is 12.5 Å². The zero-order valence-electron chi connectivity index (χ0n) is 15.0. The molecule has 2 heteroatoms. The van der Waals surface area contributed by atoms with E-state index in [9.17, 15) is 0 Å². The third-order valence-corrected chi connectivity index (χ3v) is 4.70. The Hall–Kier alpha value is -0.790. The first-order valence-corrected chi connectivity index (χ1v) is 8.99. The Balaban J connectivity index is 2.57. The average molecular weight is 293 g/mol. The smallest absolute Gasteiger partial charge is 0.109 e. The van der Waals surface area contributed by atoms with Gasteiger partial charge in [0.25, 0.3) is 0 Å². The minimum Gasteiger partial charge on any atom is -0.338 e. The molecule has 0 spiro atoms. The highest BCUT2D eigenvalue weighted by atomic mass is 15.0. The van der Waals surface area contributed by atoms with Crippen LogP contribution in [0.25, 0.3) is 0 Å². The van der Waals surface area contributed by atoms with Crippen LogP contribution in [0.15, 0.2) is 6.20 Å². The van der Waals surface area contributed by atoms with E-state index >= 15 is 0 Å². The number of hydrogen-bond acceptors (Lipinski definition) is 1. The van der Waals surface area contributed by atoms with Gasteiger partial charge in [-0.05, 0) is 25.2 Å². The normalized spacial score (nSPS) is 14.3. The number of aromatic nitrogens is 2. The molecule has 0 saturated carbocycles. The highest BCUT2D eigenvalue weighted by Crippen LogP contribution is 2.34. The van der Waals surface area contributed by atoms with E-state index in [0.29, 0.717) is 5.41 Å². The molecule has 0 aliphatic heterocycles. The molecule has 0 amide bonds. The van der Waals surface area contributed by atoms with Crippen molar-refractivity contribution < 1.29 is 0 Å². The second-order valence-corrected chi connectivity index (χ2v) is 7.16. The van der Waals surface area contributed by atoms with Gasteiger partial charge in [-0.15, -0.1) is 0 Å². The minimum atomic E-state index is 0.424. The Kier molecular flexibility index (Phi) is 8.06. The zero-order chi connectivity index (χ0) is 15.7. The molecule has 0 N–H and O–H groups in total. The van der Waals surface area contributed by atoms with Crippen LogP contribution in [0.3, 0.4) is 0 Å². The van der Waals surface area contributed by atoms with Crippen LogP contribution in [0.2, 0.25) is 0 Å². The van der Waals surface area contributed by atoms with Crippen molar-refractivity contribution in [3.8, 4) is 0 Å². The average Bonchev–Trinajstić information content (AvgIpc) is 2.74. The Labute approximate surface area is 132 Å². The second kappa shape index (κ2) is 9.27. The van der Waals surface area contributed by atoms with Gasteiger partial charge in [0, 0.05) is 19.7 Å². The van der Waals surface area contributed by atoms with E-state index < -0.39 is 0 Å². The molecular weight excluding hydrogens is 256 g/mol. The number of unbranched alkanes of at least 4 members (excludes halogenated alkanes) is 5. The maximum Gasteiger partial charge on any atom is 0.109 e. The first-order valence-electron chi connectivity index (χ1n) is 8.99. The summed E-state index contributed by atoms with van der Waals surface area (Å²) in [5.41, 5.74) is 1.57. The van der Waals surface area contributed by atoms with Gasteiger partial charge in [0.05, 0.1) is 5.69 Å². The molecular formula is C19H36N2. The van der Waals surface area contributed by atoms with Crippen LogP contribution in [0, 0.1) is 12.3 Å². The number of aryl methyl sites for hydroxylation is 2. The fourth-order valence-electron chi connectivity index (χ4n) is 3.27. The predicted molar refractivity (Wildman–Crippen MR) is 92.7 cm³/mol. The van der Waals surface area contributed by atoms with Crippen molar-refractivity contribution >= 4 is 0 Å². The lowest BCUT2D eigenvalue weighted by Crippen LogP contribution is -2.22. The van der Waals surface area contributed by atoms with Gasteiger partial charge in [0.2, 0.25) is 0 Å². The lowest BCUT2D eigenvalue weighted by Gasteiger charge is -2.29. The molecule has 21 heavy (non-hydrogen) atoms. The first kappa shape index (κ1) is 18.3. The lowest BCUT2D eigenvalue weighted by molar-refractivity contribution is 0.244. The molecule has 0 aliphatic carbocycles. The summed E-state index contributed by atoms with van der Waals surface area (Å²) >= 11 is 0. The van der Waals surface area contributed by atoms with Gasteiger partial charge in [-0.3, -0.25) is 0 Å². The topological polar surface area (TPSA) is 17.8 Å². The fraction of sp³-hybridized carbons (Fsp3) is 0.842. The minimum absolute atomic E-state index is 0.424. The van der Waals surface area contributed by atoms with Crippen molar-refractivity contribution in [3.63, 3.8) is 0 Å². The van der Waals surface area contributed by atoms with Crippen LogP contribution >= 0.6 is 0 Å². The molecule has 1 aromatic heterocycles. The van der Waals surface area contributed by atoms with Crippen molar-refractivity contribution in [1.29, 1.82) is 0 Å². The van der Waals surface area contributed by atoms with Crippen LogP contribution < -0.4 is 0 Å². The molecule has 0 aromatic carbocycles. The van der Waals surface area contributed by atoms with Crippen LogP contribution in [-0.2, 0) is 13.5 Å². The summed E-state index contributed by atoms with van der Waals surface area (Å²) in [5, 5.41) is 0. The van der Waals surface area contributed by atoms with Gasteiger partial charge in [-0.25, -0.2) is 4.98 Å². The monoisotopic (exact) mass is 292 g/mol. The summed E-state index contributed by atoms with van der Waals surface area (Å²) in [7, 11) is 2.14. The second-order valence-electron chi connectivity index (χ2n) is 7.16. The molecule has 1 unspecified atom stereocenters. The standard InChI is InChI=1S/C19H36N2/c1-6-8-10-11-12-14-19(4,13-9-7-2)15-18-20-17(3)16-21(18)5/h16H,6-15H2,1-5H3. The van der Waals surface area contributed by atoms with E-state index in [0.717, 1.165) is 12.1 Å². The summed E-state index contributed by atoms with van der Waals surface area (Å²) in [6.07, 6.45) is 15.5. The van der Waals surface area contributed by atoms with Crippen LogP contribution in [0.5, 0.6) is 0 Å². The quantitative estimate of drug-likeness (QED) is 0.469. The molecule has 122 valence electrons. The predicted octanol–water partition coefficient (Wildman–Crippen LogP) is 5.83. The number of hydrogen-bond donors (Lipinski definition) is 0. The highest BCUT2D eigenvalue weighted by molar-refractivity contribution is 5.03. The molecule has 0 fully saturated rings. The Morgan fingerprint density at radius 1 is 1.00 bits per heavy atom. The molecule has 0 bridgehead atoms. The van der Waals surface area contributed by atoms with Crippen molar-refractivity contribution in [3.05, 3.63) is 17.7 Å². The summed E-state index contributed by atoms with van der Waals surface area (Å²) < 4.78 is 2.22. The molecule has 1 aromatic rings. The van der Waals surface area contributed by atoms with Gasteiger partial charge in [-0.1, -0.05) is 65.7 Å². The van der Waals surface area contributed by atoms with E-state index in [4.69, 9.17) is 4.98 Å². The van der Waals surface area contributed by atoms with E-state index in [1.807, 2.05) is 0 Å². The van der Waals surface area contributed by atoms with Gasteiger partial charge in [-0.2, -0.15) is 0 Å². The third-order valence-electron chi connectivity index (χ3n) is 4.70. The van der Waals surface area contributed by atoms with Gasteiger partial charge >= 0.3 is 0 Å².